The van der Waals surface area contributed by atoms with E-state index in [4.69, 9.17) is 9.47 Å². The van der Waals surface area contributed by atoms with Crippen LogP contribution in [0.25, 0.3) is 10.8 Å². The van der Waals surface area contributed by atoms with Crippen molar-refractivity contribution in [2.24, 2.45) is 33.5 Å². The minimum absolute atomic E-state index is 0.00900. The van der Waals surface area contributed by atoms with Crippen molar-refractivity contribution in [3.63, 3.8) is 0 Å². The monoisotopic (exact) mass is 757 g/mol. The van der Waals surface area contributed by atoms with Crippen molar-refractivity contribution in [3.8, 4) is 11.5 Å². The van der Waals surface area contributed by atoms with Crippen LogP contribution in [-0.4, -0.2) is 58.9 Å². The first-order valence-corrected chi connectivity index (χ1v) is 20.8. The van der Waals surface area contributed by atoms with Crippen molar-refractivity contribution in [2.75, 3.05) is 20.2 Å². The summed E-state index contributed by atoms with van der Waals surface area (Å²) in [4.78, 5) is 32.0. The van der Waals surface area contributed by atoms with Gasteiger partial charge in [0.2, 0.25) is 0 Å². The zero-order valence-corrected chi connectivity index (χ0v) is 32.8. The number of ketones is 1. The third-order valence-corrected chi connectivity index (χ3v) is 16.1. The number of allylic oxidation sites excluding steroid dienone is 4. The molecule has 6 aliphatic rings. The predicted molar refractivity (Wildman–Crippen MR) is 215 cm³/mol. The lowest BCUT2D eigenvalue weighted by Gasteiger charge is -2.71. The molecule has 1 heterocycles. The van der Waals surface area contributed by atoms with Crippen LogP contribution < -0.4 is 9.47 Å². The average Bonchev–Trinajstić information content (AvgIpc) is 3.81. The summed E-state index contributed by atoms with van der Waals surface area (Å²) in [6.45, 7) is 5.16. The van der Waals surface area contributed by atoms with E-state index in [9.17, 15) is 19.8 Å². The van der Waals surface area contributed by atoms with Crippen LogP contribution in [0.5, 0.6) is 11.5 Å². The first-order chi connectivity index (χ1) is 26.4. The Kier molecular flexibility index (Phi) is 8.72. The minimum Gasteiger partial charge on any atom is -0.497 e. The number of fused-ring (bicyclic) bond motifs is 2. The summed E-state index contributed by atoms with van der Waals surface area (Å²) >= 11 is 1.66. The number of thiophene rings is 1. The van der Waals surface area contributed by atoms with Gasteiger partial charge in [-0.25, -0.2) is 4.79 Å². The molecule has 0 radical (unpaired) electrons. The second kappa shape index (κ2) is 13.2. The summed E-state index contributed by atoms with van der Waals surface area (Å²) in [5.41, 5.74) is -1.53. The number of ether oxygens (including phenoxy) is 2. The molecule has 2 spiro atoms. The minimum atomic E-state index is -1.22. The molecule has 8 heteroatoms. The number of aliphatic hydroxyl groups excluding tert-OH is 1. The maximum atomic E-state index is 14.9. The first kappa shape index (κ1) is 36.4. The molecule has 1 aromatic heterocycles. The third-order valence-electron chi connectivity index (χ3n) is 15.2. The lowest BCUT2D eigenvalue weighted by atomic mass is 9.32. The smallest absolute Gasteiger partial charge is 0.415 e. The zero-order valence-electron chi connectivity index (χ0n) is 32.0. The Hall–Kier alpha value is -4.24. The van der Waals surface area contributed by atoms with Crippen LogP contribution in [-0.2, 0) is 6.42 Å². The highest BCUT2D eigenvalue weighted by Crippen LogP contribution is 2.78. The van der Waals surface area contributed by atoms with E-state index in [1.807, 2.05) is 78.2 Å². The van der Waals surface area contributed by atoms with Crippen molar-refractivity contribution >= 4 is 34.0 Å². The molecule has 6 aliphatic carbocycles. The van der Waals surface area contributed by atoms with Crippen LogP contribution >= 0.6 is 11.3 Å². The number of Topliss-reactive ketones (excluding diaryl/α,β-unsaturated/α-hetero) is 1. The largest absolute Gasteiger partial charge is 0.497 e. The van der Waals surface area contributed by atoms with Crippen LogP contribution in [0.2, 0.25) is 0 Å². The Morgan fingerprint density at radius 1 is 0.855 bits per heavy atom. The Bertz CT molecular complexity index is 2200. The van der Waals surface area contributed by atoms with Crippen molar-refractivity contribution in [1.82, 2.24) is 4.90 Å². The molecule has 0 aliphatic heterocycles. The summed E-state index contributed by atoms with van der Waals surface area (Å²) in [6, 6.07) is 25.2. The second-order valence-electron chi connectivity index (χ2n) is 17.5. The quantitative estimate of drug-likeness (QED) is 0.131. The molecule has 3 fully saturated rings. The highest BCUT2D eigenvalue weighted by molar-refractivity contribution is 7.09. The topological polar surface area (TPSA) is 96.3 Å². The number of carbonyl (C=O) groups excluding carboxylic acids is 2. The van der Waals surface area contributed by atoms with Gasteiger partial charge in [-0.05, 0) is 127 Å². The number of benzene rings is 3. The van der Waals surface area contributed by atoms with Crippen LogP contribution in [0.3, 0.4) is 0 Å². The van der Waals surface area contributed by atoms with Gasteiger partial charge >= 0.3 is 6.09 Å². The molecule has 2 N–H and O–H groups in total. The van der Waals surface area contributed by atoms with Crippen molar-refractivity contribution in [1.29, 1.82) is 0 Å². The number of amides is 1. The van der Waals surface area contributed by atoms with Gasteiger partial charge in [-0.3, -0.25) is 4.79 Å². The van der Waals surface area contributed by atoms with Gasteiger partial charge in [-0.1, -0.05) is 68.5 Å². The Balaban J connectivity index is 1.08. The molecule has 1 amide bonds. The number of nitrogens with zero attached hydrogens (tertiary/aromatic N) is 1. The van der Waals surface area contributed by atoms with Gasteiger partial charge in [-0.2, -0.15) is 0 Å². The standard InChI is InChI=1S/C47H51NO6S/c1-43-20-16-34(49)28-45(43)23-24-47(38(29-45)41(50)32-11-13-35(53-3)14-12-32)39(43)17-21-44(2)40(47)18-22-46(44,52)30-48(25-19-37-9-6-26-55-37)42(51)54-36-15-10-31-7-4-5-8-33(31)27-36/h4-15,23-24,26-27,29,34,39-40,49,52H,16-22,25,28,30H2,1-3H3/t34?,39-,40-,43-,44+,45+,46-,47-/m1/s1. The van der Waals surface area contributed by atoms with Crippen LogP contribution in [0.4, 0.5) is 4.79 Å². The maximum absolute atomic E-state index is 14.9. The van der Waals surface area contributed by atoms with Gasteiger partial charge in [0.05, 0.1) is 25.4 Å². The molecule has 2 bridgehead atoms. The van der Waals surface area contributed by atoms with Gasteiger partial charge in [0.15, 0.2) is 5.78 Å². The lowest BCUT2D eigenvalue weighted by molar-refractivity contribution is -0.175. The fraction of sp³-hybridized carbons (Fsp3) is 0.447. The molecule has 55 heavy (non-hydrogen) atoms. The highest BCUT2D eigenvalue weighted by Gasteiger charge is 2.74. The van der Waals surface area contributed by atoms with E-state index in [0.717, 1.165) is 48.4 Å². The molecule has 1 unspecified atom stereocenters. The van der Waals surface area contributed by atoms with E-state index in [1.165, 1.54) is 4.88 Å². The molecule has 286 valence electrons. The second-order valence-corrected chi connectivity index (χ2v) is 18.5. The van der Waals surface area contributed by atoms with Crippen LogP contribution in [0, 0.1) is 33.5 Å². The molecule has 3 saturated carbocycles. The summed E-state index contributed by atoms with van der Waals surface area (Å²) in [7, 11) is 1.62. The Morgan fingerprint density at radius 3 is 2.35 bits per heavy atom. The SMILES string of the molecule is COc1ccc(C(=O)C2=C[C@@]34C=C[C@@]25[C@@H]2CC[C@@](O)(CN(CCc6cccs6)C(=O)Oc6ccc7ccccc7c6)[C@@]2(C)CC[C@@H]5[C@@]3(C)CCC(O)C4)cc1. The van der Waals surface area contributed by atoms with Crippen molar-refractivity contribution < 1.29 is 29.3 Å². The molecular formula is C47H51NO6S. The van der Waals surface area contributed by atoms with E-state index >= 15 is 0 Å². The number of aliphatic hydroxyl groups is 2. The van der Waals surface area contributed by atoms with E-state index in [1.54, 1.807) is 23.3 Å². The fourth-order valence-corrected chi connectivity index (χ4v) is 12.8. The normalized spacial score (nSPS) is 34.3. The van der Waals surface area contributed by atoms with Crippen LogP contribution in [0.15, 0.2) is 108 Å². The predicted octanol–water partition coefficient (Wildman–Crippen LogP) is 9.43. The number of methoxy groups -OCH3 is 1. The van der Waals surface area contributed by atoms with E-state index < -0.39 is 34.0 Å². The number of hydrogen-bond acceptors (Lipinski definition) is 7. The summed E-state index contributed by atoms with van der Waals surface area (Å²) in [5.74, 6) is 1.32. The molecule has 8 atom stereocenters. The lowest BCUT2D eigenvalue weighted by Crippen LogP contribution is -2.67. The number of carbonyl (C=O) groups is 2. The molecular weight excluding hydrogens is 707 g/mol. The van der Waals surface area contributed by atoms with Gasteiger partial charge in [-0.15, -0.1) is 11.3 Å². The molecule has 0 saturated heterocycles. The number of rotatable bonds is 9. The molecule has 3 aromatic carbocycles. The first-order valence-electron chi connectivity index (χ1n) is 19.9. The van der Waals surface area contributed by atoms with Crippen LogP contribution in [0.1, 0.15) is 74.0 Å². The van der Waals surface area contributed by atoms with Gasteiger partial charge in [0.1, 0.15) is 11.5 Å². The fourth-order valence-electron chi connectivity index (χ4n) is 12.1. The van der Waals surface area contributed by atoms with E-state index in [0.29, 0.717) is 42.9 Å². The van der Waals surface area contributed by atoms with Gasteiger partial charge in [0.25, 0.3) is 0 Å². The Labute approximate surface area is 327 Å². The summed E-state index contributed by atoms with van der Waals surface area (Å²) in [5, 5.41) is 28.3. The summed E-state index contributed by atoms with van der Waals surface area (Å²) < 4.78 is 11.5. The molecule has 10 rings (SSSR count). The van der Waals surface area contributed by atoms with Crippen molar-refractivity contribution in [3.05, 3.63) is 118 Å². The molecule has 4 aromatic rings. The van der Waals surface area contributed by atoms with Gasteiger partial charge in [0, 0.05) is 38.8 Å². The Morgan fingerprint density at radius 2 is 1.58 bits per heavy atom. The van der Waals surface area contributed by atoms with E-state index in [2.05, 4.69) is 38.1 Å². The maximum Gasteiger partial charge on any atom is 0.415 e. The van der Waals surface area contributed by atoms with Crippen molar-refractivity contribution in [2.45, 2.75) is 76.9 Å². The van der Waals surface area contributed by atoms with E-state index in [-0.39, 0.29) is 29.6 Å². The number of hydrogen-bond donors (Lipinski definition) is 2. The molecule has 7 nitrogen and oxygen atoms in total. The van der Waals surface area contributed by atoms with Gasteiger partial charge < -0.3 is 24.6 Å². The average molecular weight is 758 g/mol. The third kappa shape index (κ3) is 5.49. The zero-order chi connectivity index (χ0) is 38.2. The summed E-state index contributed by atoms with van der Waals surface area (Å²) in [6.07, 6.45) is 11.8. The highest BCUT2D eigenvalue weighted by atomic mass is 32.1.